The maximum Gasteiger partial charge on any atom is 0.321 e. The van der Waals surface area contributed by atoms with Crippen molar-refractivity contribution in [3.8, 4) is 0 Å². The highest BCUT2D eigenvalue weighted by atomic mass is 32.1. The number of amides is 2. The zero-order valence-electron chi connectivity index (χ0n) is 11.1. The predicted octanol–water partition coefficient (Wildman–Crippen LogP) is 2.53. The van der Waals surface area contributed by atoms with Crippen LogP contribution >= 0.6 is 11.3 Å². The molecule has 0 saturated heterocycles. The van der Waals surface area contributed by atoms with Crippen molar-refractivity contribution in [1.29, 1.82) is 0 Å². The van der Waals surface area contributed by atoms with Crippen molar-refractivity contribution < 1.29 is 14.7 Å². The molecule has 3 N–H and O–H groups in total. The Hall–Kier alpha value is -2.15. The van der Waals surface area contributed by atoms with Crippen LogP contribution in [0, 0.1) is 5.92 Å². The van der Waals surface area contributed by atoms with E-state index in [1.807, 2.05) is 24.3 Å². The van der Waals surface area contributed by atoms with Crippen molar-refractivity contribution in [2.75, 3.05) is 5.32 Å². The number of fused-ring (bicyclic) bond motifs is 1. The molecule has 0 aliphatic carbocycles. The molecular weight excluding hydrogens is 278 g/mol. The van der Waals surface area contributed by atoms with E-state index < -0.39 is 24.0 Å². The number of thiazole rings is 1. The van der Waals surface area contributed by atoms with Gasteiger partial charge in [-0.2, -0.15) is 0 Å². The van der Waals surface area contributed by atoms with Crippen molar-refractivity contribution in [1.82, 2.24) is 10.3 Å². The third kappa shape index (κ3) is 3.24. The summed E-state index contributed by atoms with van der Waals surface area (Å²) >= 11 is 1.37. The summed E-state index contributed by atoms with van der Waals surface area (Å²) in [6.07, 6.45) is 0. The smallest absolute Gasteiger partial charge is 0.321 e. The second-order valence-corrected chi connectivity index (χ2v) is 5.53. The molecule has 0 fully saturated rings. The lowest BCUT2D eigenvalue weighted by atomic mass is 10.0. The van der Waals surface area contributed by atoms with Crippen molar-refractivity contribution in [3.63, 3.8) is 0 Å². The van der Waals surface area contributed by atoms with Gasteiger partial charge in [-0.1, -0.05) is 23.5 Å². The summed E-state index contributed by atoms with van der Waals surface area (Å²) in [6.45, 7) is 3.20. The molecule has 2 rings (SSSR count). The van der Waals surface area contributed by atoms with E-state index in [2.05, 4.69) is 15.6 Å². The van der Waals surface area contributed by atoms with Gasteiger partial charge in [0.2, 0.25) is 0 Å². The van der Waals surface area contributed by atoms with Gasteiger partial charge in [-0.05, 0) is 26.0 Å². The minimum absolute atomic E-state index is 0.454. The number of para-hydroxylation sites is 1. The number of nitrogens with zero attached hydrogens (tertiary/aromatic N) is 1. The molecule has 0 spiro atoms. The molecule has 2 unspecified atom stereocenters. The lowest BCUT2D eigenvalue weighted by Crippen LogP contribution is -2.42. The molecule has 0 aliphatic rings. The topological polar surface area (TPSA) is 91.3 Å². The Bertz CT molecular complexity index is 608. The Balaban J connectivity index is 1.99. The number of nitrogens with one attached hydrogen (secondary N) is 2. The van der Waals surface area contributed by atoms with Gasteiger partial charge in [-0.15, -0.1) is 0 Å². The molecule has 1 aromatic heterocycles. The highest BCUT2D eigenvalue weighted by Crippen LogP contribution is 2.25. The van der Waals surface area contributed by atoms with E-state index >= 15 is 0 Å². The lowest BCUT2D eigenvalue weighted by molar-refractivity contribution is -0.141. The van der Waals surface area contributed by atoms with E-state index in [0.717, 1.165) is 10.2 Å². The van der Waals surface area contributed by atoms with Gasteiger partial charge in [-0.3, -0.25) is 10.1 Å². The number of urea groups is 1. The molecule has 7 heteroatoms. The lowest BCUT2D eigenvalue weighted by Gasteiger charge is -2.17. The monoisotopic (exact) mass is 293 g/mol. The molecule has 1 heterocycles. The molecule has 106 valence electrons. The summed E-state index contributed by atoms with van der Waals surface area (Å²) in [7, 11) is 0. The predicted molar refractivity (Wildman–Crippen MR) is 78.0 cm³/mol. The number of aromatic nitrogens is 1. The summed E-state index contributed by atoms with van der Waals surface area (Å²) < 4.78 is 0.981. The Morgan fingerprint density at radius 2 is 2.00 bits per heavy atom. The van der Waals surface area contributed by atoms with Crippen LogP contribution < -0.4 is 10.6 Å². The van der Waals surface area contributed by atoms with Gasteiger partial charge < -0.3 is 10.4 Å². The van der Waals surface area contributed by atoms with Crippen LogP contribution in [0.5, 0.6) is 0 Å². The van der Waals surface area contributed by atoms with Crippen molar-refractivity contribution >= 4 is 38.7 Å². The molecule has 2 aromatic rings. The Morgan fingerprint density at radius 3 is 2.65 bits per heavy atom. The zero-order valence-corrected chi connectivity index (χ0v) is 11.9. The van der Waals surface area contributed by atoms with Gasteiger partial charge >= 0.3 is 12.0 Å². The Morgan fingerprint density at radius 1 is 1.30 bits per heavy atom. The van der Waals surface area contributed by atoms with Crippen LogP contribution in [-0.2, 0) is 4.79 Å². The normalized spacial score (nSPS) is 13.7. The maximum absolute atomic E-state index is 11.8. The molecule has 0 saturated carbocycles. The number of carbonyl (C=O) groups is 2. The molecule has 0 aliphatic heterocycles. The number of anilines is 1. The van der Waals surface area contributed by atoms with Crippen molar-refractivity contribution in [2.45, 2.75) is 19.9 Å². The number of carboxylic acids is 1. The second kappa shape index (κ2) is 5.87. The van der Waals surface area contributed by atoms with Gasteiger partial charge in [0.15, 0.2) is 5.13 Å². The largest absolute Gasteiger partial charge is 0.481 e. The number of carbonyl (C=O) groups excluding carboxylic acids is 1. The van der Waals surface area contributed by atoms with Crippen molar-refractivity contribution in [3.05, 3.63) is 24.3 Å². The SMILES string of the molecule is CC(NC(=O)Nc1nc2ccccc2s1)C(C)C(=O)O. The first kappa shape index (κ1) is 14.3. The third-order valence-corrected chi connectivity index (χ3v) is 3.96. The summed E-state index contributed by atoms with van der Waals surface area (Å²) in [5, 5.41) is 14.6. The number of hydrogen-bond donors (Lipinski definition) is 3. The summed E-state index contributed by atoms with van der Waals surface area (Å²) in [5.74, 6) is -1.60. The molecule has 6 nitrogen and oxygen atoms in total. The fourth-order valence-corrected chi connectivity index (χ4v) is 2.47. The number of rotatable bonds is 4. The van der Waals surface area contributed by atoms with Crippen LogP contribution in [0.2, 0.25) is 0 Å². The highest BCUT2D eigenvalue weighted by Gasteiger charge is 2.21. The third-order valence-electron chi connectivity index (χ3n) is 3.01. The molecule has 20 heavy (non-hydrogen) atoms. The molecule has 2 amide bonds. The molecule has 0 bridgehead atoms. The standard InChI is InChI=1S/C13H15N3O3S/c1-7(11(17)18)8(2)14-12(19)16-13-15-9-5-3-4-6-10(9)20-13/h3-8H,1-2H3,(H,17,18)(H2,14,15,16,19). The summed E-state index contributed by atoms with van der Waals surface area (Å²) in [4.78, 5) is 26.9. The minimum Gasteiger partial charge on any atom is -0.481 e. The Kier molecular flexibility index (Phi) is 4.19. The number of benzene rings is 1. The van der Waals surface area contributed by atoms with E-state index in [1.165, 1.54) is 11.3 Å². The fourth-order valence-electron chi connectivity index (χ4n) is 1.60. The van der Waals surface area contributed by atoms with Crippen LogP contribution in [0.15, 0.2) is 24.3 Å². The number of aliphatic carboxylic acids is 1. The Labute approximate surface area is 119 Å². The first-order valence-corrected chi connectivity index (χ1v) is 6.95. The van der Waals surface area contributed by atoms with E-state index in [0.29, 0.717) is 5.13 Å². The van der Waals surface area contributed by atoms with Gasteiger partial charge in [0.25, 0.3) is 0 Å². The van der Waals surface area contributed by atoms with Gasteiger partial charge in [0.1, 0.15) is 0 Å². The zero-order chi connectivity index (χ0) is 14.7. The first-order chi connectivity index (χ1) is 9.47. The van der Waals surface area contributed by atoms with Crippen LogP contribution in [0.4, 0.5) is 9.93 Å². The average molecular weight is 293 g/mol. The van der Waals surface area contributed by atoms with E-state index in [1.54, 1.807) is 13.8 Å². The van der Waals surface area contributed by atoms with Crippen LogP contribution in [0.1, 0.15) is 13.8 Å². The van der Waals surface area contributed by atoms with E-state index in [9.17, 15) is 9.59 Å². The second-order valence-electron chi connectivity index (χ2n) is 4.50. The van der Waals surface area contributed by atoms with E-state index in [-0.39, 0.29) is 0 Å². The van der Waals surface area contributed by atoms with Crippen LogP contribution in [-0.4, -0.2) is 28.1 Å². The van der Waals surface area contributed by atoms with Crippen LogP contribution in [0.3, 0.4) is 0 Å². The van der Waals surface area contributed by atoms with Gasteiger partial charge in [0, 0.05) is 6.04 Å². The maximum atomic E-state index is 11.8. The van der Waals surface area contributed by atoms with Crippen LogP contribution in [0.25, 0.3) is 10.2 Å². The number of hydrogen-bond acceptors (Lipinski definition) is 4. The summed E-state index contributed by atoms with van der Waals surface area (Å²) in [5.41, 5.74) is 0.819. The molecule has 2 atom stereocenters. The highest BCUT2D eigenvalue weighted by molar-refractivity contribution is 7.22. The number of carboxylic acid groups (broad SMARTS) is 1. The fraction of sp³-hybridized carbons (Fsp3) is 0.308. The molecule has 0 radical (unpaired) electrons. The summed E-state index contributed by atoms with van der Waals surface area (Å²) in [6, 6.07) is 6.64. The van der Waals surface area contributed by atoms with Gasteiger partial charge in [-0.25, -0.2) is 9.78 Å². The molecular formula is C13H15N3O3S. The molecule has 1 aromatic carbocycles. The van der Waals surface area contributed by atoms with E-state index in [4.69, 9.17) is 5.11 Å². The van der Waals surface area contributed by atoms with Gasteiger partial charge in [0.05, 0.1) is 16.1 Å². The minimum atomic E-state index is -0.946. The quantitative estimate of drug-likeness (QED) is 0.807. The van der Waals surface area contributed by atoms with Crippen molar-refractivity contribution in [2.24, 2.45) is 5.92 Å². The first-order valence-electron chi connectivity index (χ1n) is 6.13. The average Bonchev–Trinajstić information content (AvgIpc) is 2.79.